The van der Waals surface area contributed by atoms with E-state index in [2.05, 4.69) is 34.8 Å². The van der Waals surface area contributed by atoms with Crippen LogP contribution in [0.2, 0.25) is 5.02 Å². The molecule has 0 aliphatic heterocycles. The van der Waals surface area contributed by atoms with Crippen LogP contribution in [0.5, 0.6) is 0 Å². The van der Waals surface area contributed by atoms with Gasteiger partial charge in [-0.25, -0.2) is 0 Å². The van der Waals surface area contributed by atoms with Crippen LogP contribution in [0.3, 0.4) is 0 Å². The molecule has 0 saturated heterocycles. The Morgan fingerprint density at radius 1 is 1.44 bits per heavy atom. The predicted octanol–water partition coefficient (Wildman–Crippen LogP) is 3.86. The number of unbranched alkanes of at least 4 members (excludes halogenated alkanes) is 2. The summed E-state index contributed by atoms with van der Waals surface area (Å²) >= 11 is 8.09. The lowest BCUT2D eigenvalue weighted by atomic mass is 10.2. The average Bonchev–Trinajstić information content (AvgIpc) is 2.28. The van der Waals surface area contributed by atoms with Crippen LogP contribution in [-0.4, -0.2) is 12.5 Å². The molecule has 0 aromatic heterocycles. The molecule has 0 bridgehead atoms. The minimum atomic E-state index is -0.0468. The maximum absolute atomic E-state index is 11.7. The van der Waals surface area contributed by atoms with Gasteiger partial charge < -0.3 is 5.32 Å². The molecule has 0 heterocycles. The van der Waals surface area contributed by atoms with E-state index in [9.17, 15) is 4.79 Å². The van der Waals surface area contributed by atoms with Gasteiger partial charge in [0.05, 0.1) is 5.02 Å². The van der Waals surface area contributed by atoms with Crippen LogP contribution < -0.4 is 5.32 Å². The van der Waals surface area contributed by atoms with Gasteiger partial charge in [0.1, 0.15) is 0 Å². The number of carbonyl (C=O) groups excluding carboxylic acids is 1. The van der Waals surface area contributed by atoms with Crippen molar-refractivity contribution in [3.8, 4) is 0 Å². The van der Waals surface area contributed by atoms with E-state index in [0.29, 0.717) is 10.6 Å². The number of nitrogens with one attached hydrogen (secondary N) is 1. The van der Waals surface area contributed by atoms with Gasteiger partial charge in [-0.1, -0.05) is 31.4 Å². The molecule has 0 atom stereocenters. The number of rotatable bonds is 5. The van der Waals surface area contributed by atoms with Gasteiger partial charge in [-0.2, -0.15) is 0 Å². The fourth-order valence-corrected chi connectivity index (χ4v) is 1.83. The van der Waals surface area contributed by atoms with Crippen LogP contribution in [0.15, 0.2) is 18.2 Å². The third-order valence-corrected chi connectivity index (χ3v) is 3.82. The molecule has 88 valence electrons. The summed E-state index contributed by atoms with van der Waals surface area (Å²) in [5, 5.41) is 3.51. The van der Waals surface area contributed by atoms with E-state index in [0.717, 1.165) is 29.4 Å². The second-order valence-corrected chi connectivity index (χ2v) is 5.16. The van der Waals surface area contributed by atoms with Crippen LogP contribution in [0.25, 0.3) is 0 Å². The van der Waals surface area contributed by atoms with Gasteiger partial charge in [-0.3, -0.25) is 4.79 Å². The molecule has 0 aliphatic carbocycles. The SMILES string of the molecule is CCCCCNC(=O)c1ccc(I)c(Cl)c1. The molecule has 1 rings (SSSR count). The zero-order valence-corrected chi connectivity index (χ0v) is 12.1. The summed E-state index contributed by atoms with van der Waals surface area (Å²) in [5.74, 6) is -0.0468. The lowest BCUT2D eigenvalue weighted by molar-refractivity contribution is 0.0953. The standard InChI is InChI=1S/C12H15ClINO/c1-2-3-4-7-15-12(16)9-5-6-11(14)10(13)8-9/h5-6,8H,2-4,7H2,1H3,(H,15,16). The highest BCUT2D eigenvalue weighted by molar-refractivity contribution is 14.1. The van der Waals surface area contributed by atoms with Crippen molar-refractivity contribution in [2.45, 2.75) is 26.2 Å². The third-order valence-electron chi connectivity index (χ3n) is 2.25. The number of amides is 1. The van der Waals surface area contributed by atoms with E-state index >= 15 is 0 Å². The Balaban J connectivity index is 2.50. The average molecular weight is 352 g/mol. The van der Waals surface area contributed by atoms with Gasteiger partial charge in [-0.15, -0.1) is 0 Å². The van der Waals surface area contributed by atoms with Crippen LogP contribution in [0.4, 0.5) is 0 Å². The highest BCUT2D eigenvalue weighted by atomic mass is 127. The molecular weight excluding hydrogens is 336 g/mol. The van der Waals surface area contributed by atoms with E-state index in [1.165, 1.54) is 0 Å². The Kier molecular flexibility index (Phi) is 6.13. The van der Waals surface area contributed by atoms with Crippen LogP contribution in [-0.2, 0) is 0 Å². The van der Waals surface area contributed by atoms with E-state index < -0.39 is 0 Å². The molecule has 0 fully saturated rings. The predicted molar refractivity (Wildman–Crippen MR) is 76.0 cm³/mol. The van der Waals surface area contributed by atoms with E-state index in [4.69, 9.17) is 11.6 Å². The van der Waals surface area contributed by atoms with Crippen molar-refractivity contribution in [1.29, 1.82) is 0 Å². The van der Waals surface area contributed by atoms with Crippen molar-refractivity contribution in [3.05, 3.63) is 32.4 Å². The molecule has 0 saturated carbocycles. The lowest BCUT2D eigenvalue weighted by Gasteiger charge is -2.05. The van der Waals surface area contributed by atoms with Crippen molar-refractivity contribution in [3.63, 3.8) is 0 Å². The normalized spacial score (nSPS) is 10.2. The zero-order valence-electron chi connectivity index (χ0n) is 9.22. The largest absolute Gasteiger partial charge is 0.352 e. The summed E-state index contributed by atoms with van der Waals surface area (Å²) < 4.78 is 0.960. The van der Waals surface area contributed by atoms with Crippen molar-refractivity contribution in [2.24, 2.45) is 0 Å². The molecule has 2 nitrogen and oxygen atoms in total. The van der Waals surface area contributed by atoms with E-state index in [-0.39, 0.29) is 5.91 Å². The van der Waals surface area contributed by atoms with Crippen LogP contribution in [0.1, 0.15) is 36.5 Å². The molecule has 1 amide bonds. The van der Waals surface area contributed by atoms with Crippen molar-refractivity contribution >= 4 is 40.1 Å². The summed E-state index contributed by atoms with van der Waals surface area (Å²) in [6, 6.07) is 5.35. The first kappa shape index (κ1) is 13.8. The molecule has 16 heavy (non-hydrogen) atoms. The Morgan fingerprint density at radius 3 is 2.81 bits per heavy atom. The first-order valence-electron chi connectivity index (χ1n) is 5.38. The minimum Gasteiger partial charge on any atom is -0.352 e. The Morgan fingerprint density at radius 2 is 2.19 bits per heavy atom. The van der Waals surface area contributed by atoms with Gasteiger partial charge in [0.15, 0.2) is 0 Å². The Hall–Kier alpha value is -0.290. The molecular formula is C12H15ClINO. The number of halogens is 2. The monoisotopic (exact) mass is 351 g/mol. The van der Waals surface area contributed by atoms with Gasteiger partial charge in [-0.05, 0) is 47.2 Å². The molecule has 0 radical (unpaired) electrons. The molecule has 0 unspecified atom stereocenters. The summed E-state index contributed by atoms with van der Waals surface area (Å²) in [6.07, 6.45) is 3.33. The van der Waals surface area contributed by atoms with Gasteiger partial charge in [0.25, 0.3) is 5.91 Å². The summed E-state index contributed by atoms with van der Waals surface area (Å²) in [5.41, 5.74) is 0.627. The summed E-state index contributed by atoms with van der Waals surface area (Å²) in [4.78, 5) is 11.7. The van der Waals surface area contributed by atoms with Gasteiger partial charge >= 0.3 is 0 Å². The zero-order chi connectivity index (χ0) is 12.0. The number of hydrogen-bond acceptors (Lipinski definition) is 1. The Labute approximate surface area is 115 Å². The highest BCUT2D eigenvalue weighted by Crippen LogP contribution is 2.19. The second kappa shape index (κ2) is 7.12. The van der Waals surface area contributed by atoms with Crippen LogP contribution in [0, 0.1) is 3.57 Å². The number of hydrogen-bond donors (Lipinski definition) is 1. The van der Waals surface area contributed by atoms with Crippen LogP contribution >= 0.6 is 34.2 Å². The highest BCUT2D eigenvalue weighted by Gasteiger charge is 2.06. The molecule has 4 heteroatoms. The fourth-order valence-electron chi connectivity index (χ4n) is 1.32. The maximum atomic E-state index is 11.7. The molecule has 0 aliphatic rings. The first-order chi connectivity index (χ1) is 7.65. The number of benzene rings is 1. The summed E-state index contributed by atoms with van der Waals surface area (Å²) in [6.45, 7) is 2.87. The first-order valence-corrected chi connectivity index (χ1v) is 6.84. The quantitative estimate of drug-likeness (QED) is 0.633. The van der Waals surface area contributed by atoms with Gasteiger partial charge in [0, 0.05) is 15.7 Å². The van der Waals surface area contributed by atoms with Crippen molar-refractivity contribution in [1.82, 2.24) is 5.32 Å². The molecule has 1 aromatic rings. The van der Waals surface area contributed by atoms with Gasteiger partial charge in [0.2, 0.25) is 0 Å². The number of carbonyl (C=O) groups is 1. The Bertz CT molecular complexity index is 368. The van der Waals surface area contributed by atoms with Crippen molar-refractivity contribution < 1.29 is 4.79 Å². The summed E-state index contributed by atoms with van der Waals surface area (Å²) in [7, 11) is 0. The second-order valence-electron chi connectivity index (χ2n) is 3.59. The molecule has 1 aromatic carbocycles. The maximum Gasteiger partial charge on any atom is 0.251 e. The lowest BCUT2D eigenvalue weighted by Crippen LogP contribution is -2.24. The topological polar surface area (TPSA) is 29.1 Å². The smallest absolute Gasteiger partial charge is 0.251 e. The molecule has 0 spiro atoms. The van der Waals surface area contributed by atoms with E-state index in [1.807, 2.05) is 6.07 Å². The fraction of sp³-hybridized carbons (Fsp3) is 0.417. The van der Waals surface area contributed by atoms with E-state index in [1.54, 1.807) is 12.1 Å². The third kappa shape index (κ3) is 4.29. The van der Waals surface area contributed by atoms with Crippen molar-refractivity contribution in [2.75, 3.05) is 6.54 Å². The molecule has 1 N–H and O–H groups in total. The minimum absolute atomic E-state index is 0.0468.